The van der Waals surface area contributed by atoms with Crippen molar-refractivity contribution in [1.29, 1.82) is 0 Å². The summed E-state index contributed by atoms with van der Waals surface area (Å²) in [6.07, 6.45) is 2.26. The minimum absolute atomic E-state index is 0.00116. The van der Waals surface area contributed by atoms with E-state index in [-0.39, 0.29) is 30.5 Å². The molecule has 5 aliphatic heterocycles. The second-order valence-electron chi connectivity index (χ2n) is 13.4. The highest BCUT2D eigenvalue weighted by Crippen LogP contribution is 2.48. The van der Waals surface area contributed by atoms with E-state index in [0.29, 0.717) is 42.1 Å². The molecule has 2 amide bonds. The van der Waals surface area contributed by atoms with E-state index in [9.17, 15) is 19.5 Å². The molecule has 254 valence electrons. The first-order chi connectivity index (χ1) is 23.2. The maximum absolute atomic E-state index is 13.3. The van der Waals surface area contributed by atoms with Crippen LogP contribution in [0.4, 0.5) is 17.1 Å². The number of anilines is 3. The van der Waals surface area contributed by atoms with Crippen molar-refractivity contribution in [2.24, 2.45) is 0 Å². The lowest BCUT2D eigenvalue weighted by molar-refractivity contribution is -0.156. The number of amides is 2. The molecule has 11 nitrogen and oxygen atoms in total. The molecular weight excluding hydrogens is 630 g/mol. The number of likely N-dealkylation sites (N-methyl/N-ethyl adjacent to an activating group) is 2. The van der Waals surface area contributed by atoms with Crippen LogP contribution in [0, 0.1) is 6.92 Å². The summed E-state index contributed by atoms with van der Waals surface area (Å²) in [4.78, 5) is 47.9. The number of nitrogens with one attached hydrogen (secondary N) is 1. The normalized spacial score (nSPS) is 27.0. The van der Waals surface area contributed by atoms with E-state index in [1.165, 1.54) is 11.3 Å². The lowest BCUT2D eigenvalue weighted by atomic mass is 9.97. The topological polar surface area (TPSA) is 118 Å². The first kappa shape index (κ1) is 32.9. The third-order valence-corrected chi connectivity index (χ3v) is 11.2. The number of rotatable bonds is 6. The molecule has 48 heavy (non-hydrogen) atoms. The van der Waals surface area contributed by atoms with Crippen molar-refractivity contribution in [3.63, 3.8) is 0 Å². The third-order valence-electron chi connectivity index (χ3n) is 10.3. The number of carbonyl (C=O) groups excluding carboxylic acids is 3. The summed E-state index contributed by atoms with van der Waals surface area (Å²) in [5.41, 5.74) is 3.49. The fourth-order valence-corrected chi connectivity index (χ4v) is 8.37. The van der Waals surface area contributed by atoms with E-state index in [2.05, 4.69) is 34.1 Å². The number of aliphatic hydroxyl groups excluding tert-OH is 1. The van der Waals surface area contributed by atoms with Gasteiger partial charge in [-0.2, -0.15) is 0 Å². The Labute approximate surface area is 285 Å². The van der Waals surface area contributed by atoms with Gasteiger partial charge in [0.2, 0.25) is 5.91 Å². The summed E-state index contributed by atoms with van der Waals surface area (Å²) in [5.74, 6) is -1.07. The number of epoxide rings is 1. The summed E-state index contributed by atoms with van der Waals surface area (Å²) in [6.45, 7) is 5.77. The predicted octanol–water partition coefficient (Wildman–Crippen LogP) is 3.45. The monoisotopic (exact) mass is 673 g/mol. The summed E-state index contributed by atoms with van der Waals surface area (Å²) in [7, 11) is 4.23. The van der Waals surface area contributed by atoms with Crippen LogP contribution in [0.3, 0.4) is 0 Å². The van der Waals surface area contributed by atoms with Crippen molar-refractivity contribution in [3.8, 4) is 0 Å². The van der Waals surface area contributed by atoms with Crippen molar-refractivity contribution < 1.29 is 29.0 Å². The van der Waals surface area contributed by atoms with Gasteiger partial charge in [0.15, 0.2) is 0 Å². The second-order valence-corrected chi connectivity index (χ2v) is 14.5. The minimum atomic E-state index is -0.593. The maximum atomic E-state index is 13.3. The number of piperazine rings is 1. The fraction of sp³-hybridized carbons (Fsp3) is 0.472. The van der Waals surface area contributed by atoms with Gasteiger partial charge in [-0.25, -0.2) is 0 Å². The van der Waals surface area contributed by atoms with Crippen LogP contribution in [-0.2, 0) is 19.1 Å². The molecule has 6 atom stereocenters. The molecule has 5 aliphatic rings. The number of hydrogen-bond donors (Lipinski definition) is 2. The Balaban J connectivity index is 0.000000154. The minimum Gasteiger partial charge on any atom is -0.462 e. The van der Waals surface area contributed by atoms with Gasteiger partial charge < -0.3 is 24.8 Å². The number of esters is 1. The van der Waals surface area contributed by atoms with Crippen LogP contribution in [0.1, 0.15) is 39.6 Å². The Morgan fingerprint density at radius 2 is 1.67 bits per heavy atom. The first-order valence-electron chi connectivity index (χ1n) is 16.7. The Morgan fingerprint density at radius 3 is 2.35 bits per heavy atom. The second kappa shape index (κ2) is 13.7. The standard InChI is InChI=1S/C19H22N4O2S.C17H21NO4/c1-13-18-14(12-26-13)19(25)20-15-5-3-4-6-16(15)23(18)17(24)11-22-9-7-21(2)8-10-22;1-18-13-7-11(8-14(18)16-15(13)22-16)21-17(20)12(9-19)10-5-3-2-4-6-10/h3-6,12H,7-11H2,1-2H3,(H,20,25);2-6,11-16,19H,7-9H2,1H3/t;11-,12-,13-,14+,15-,16+/m.1/s1. The van der Waals surface area contributed by atoms with Gasteiger partial charge in [0, 0.05) is 61.4 Å². The number of para-hydroxylation sites is 2. The number of aryl methyl sites for hydroxylation is 1. The van der Waals surface area contributed by atoms with Crippen LogP contribution in [0.5, 0.6) is 0 Å². The molecule has 3 aromatic rings. The Hall–Kier alpha value is -3.65. The number of carbonyl (C=O) groups is 3. The number of thiophene rings is 1. The predicted molar refractivity (Wildman–Crippen MR) is 184 cm³/mol. The number of morpholine rings is 1. The molecule has 8 rings (SSSR count). The van der Waals surface area contributed by atoms with Gasteiger partial charge in [-0.15, -0.1) is 11.3 Å². The van der Waals surface area contributed by atoms with Crippen molar-refractivity contribution in [3.05, 3.63) is 76.0 Å². The molecule has 0 radical (unpaired) electrons. The van der Waals surface area contributed by atoms with Crippen LogP contribution in [0.15, 0.2) is 60.0 Å². The number of benzene rings is 2. The maximum Gasteiger partial charge on any atom is 0.316 e. The van der Waals surface area contributed by atoms with E-state index in [1.807, 2.05) is 66.9 Å². The number of ether oxygens (including phenoxy) is 2. The molecule has 0 aliphatic carbocycles. The molecule has 0 spiro atoms. The van der Waals surface area contributed by atoms with Crippen LogP contribution >= 0.6 is 11.3 Å². The molecule has 4 fully saturated rings. The zero-order valence-electron chi connectivity index (χ0n) is 27.6. The Kier molecular flexibility index (Phi) is 9.38. The van der Waals surface area contributed by atoms with Crippen molar-refractivity contribution in [2.45, 2.75) is 56.1 Å². The van der Waals surface area contributed by atoms with E-state index < -0.39 is 5.92 Å². The van der Waals surface area contributed by atoms with Crippen LogP contribution in [0.25, 0.3) is 0 Å². The Morgan fingerprint density at radius 1 is 1.00 bits per heavy atom. The molecule has 12 heteroatoms. The first-order valence-corrected chi connectivity index (χ1v) is 17.6. The zero-order valence-corrected chi connectivity index (χ0v) is 28.4. The number of fused-ring (bicyclic) bond motifs is 7. The van der Waals surface area contributed by atoms with Crippen molar-refractivity contribution in [1.82, 2.24) is 14.7 Å². The molecule has 2 aromatic carbocycles. The van der Waals surface area contributed by atoms with E-state index in [0.717, 1.165) is 60.8 Å². The van der Waals surface area contributed by atoms with Crippen LogP contribution < -0.4 is 10.2 Å². The highest BCUT2D eigenvalue weighted by atomic mass is 32.1. The molecule has 4 saturated heterocycles. The largest absolute Gasteiger partial charge is 0.462 e. The van der Waals surface area contributed by atoms with Crippen LogP contribution in [0.2, 0.25) is 0 Å². The molecule has 0 unspecified atom stereocenters. The summed E-state index contributed by atoms with van der Waals surface area (Å²) >= 11 is 1.50. The highest BCUT2D eigenvalue weighted by molar-refractivity contribution is 7.11. The van der Waals surface area contributed by atoms with Crippen molar-refractivity contribution in [2.75, 3.05) is 63.6 Å². The van der Waals surface area contributed by atoms with Gasteiger partial charge in [0.25, 0.3) is 5.91 Å². The van der Waals surface area contributed by atoms with E-state index in [4.69, 9.17) is 9.47 Å². The van der Waals surface area contributed by atoms with Gasteiger partial charge in [-0.05, 0) is 38.7 Å². The number of piperidine rings is 1. The number of aliphatic hydroxyl groups is 1. The number of hydrogen-bond acceptors (Lipinski definition) is 10. The fourth-order valence-electron chi connectivity index (χ4n) is 7.54. The van der Waals surface area contributed by atoms with E-state index in [1.54, 1.807) is 4.90 Å². The smallest absolute Gasteiger partial charge is 0.316 e. The molecular formula is C36H43N5O6S. The van der Waals surface area contributed by atoms with Gasteiger partial charge >= 0.3 is 5.97 Å². The Bertz CT molecular complexity index is 1640. The molecule has 2 N–H and O–H groups in total. The lowest BCUT2D eigenvalue weighted by Gasteiger charge is -2.38. The average Bonchev–Trinajstić information content (AvgIpc) is 3.78. The van der Waals surface area contributed by atoms with Crippen molar-refractivity contribution >= 4 is 46.2 Å². The third kappa shape index (κ3) is 6.40. The van der Waals surface area contributed by atoms with E-state index >= 15 is 0 Å². The number of nitrogens with zero attached hydrogens (tertiary/aromatic N) is 4. The highest BCUT2D eigenvalue weighted by Gasteiger charge is 2.62. The molecule has 6 heterocycles. The van der Waals surface area contributed by atoms with Gasteiger partial charge in [0.05, 0.1) is 35.8 Å². The molecule has 2 bridgehead atoms. The summed E-state index contributed by atoms with van der Waals surface area (Å²) < 4.78 is 11.4. The SMILES string of the molecule is CN1[C@@H]2C[C@@H](OC(=O)[C@H](CO)c3ccccc3)C[C@H]1[C@@H]1O[C@@H]12.Cc1scc2c1N(C(=O)CN1CCN(C)CC1)c1ccccc1NC2=O. The van der Waals surface area contributed by atoms with Crippen LogP contribution in [-0.4, -0.2) is 121 Å². The van der Waals surface area contributed by atoms with Gasteiger partial charge in [0.1, 0.15) is 24.2 Å². The lowest BCUT2D eigenvalue weighted by Crippen LogP contribution is -2.48. The summed E-state index contributed by atoms with van der Waals surface area (Å²) in [6, 6.07) is 17.6. The quantitative estimate of drug-likeness (QED) is 0.300. The average molecular weight is 674 g/mol. The molecule has 0 saturated carbocycles. The van der Waals surface area contributed by atoms with Gasteiger partial charge in [-0.3, -0.25) is 29.1 Å². The molecule has 1 aromatic heterocycles. The van der Waals surface area contributed by atoms with Gasteiger partial charge in [-0.1, -0.05) is 42.5 Å². The summed E-state index contributed by atoms with van der Waals surface area (Å²) in [5, 5.41) is 14.3. The zero-order chi connectivity index (χ0) is 33.5.